The fourth-order valence-corrected chi connectivity index (χ4v) is 2.33. The van der Waals surface area contributed by atoms with Crippen LogP contribution in [0, 0.1) is 0 Å². The van der Waals surface area contributed by atoms with E-state index in [0.717, 1.165) is 11.3 Å². The van der Waals surface area contributed by atoms with Gasteiger partial charge in [0, 0.05) is 22.7 Å². The number of hydrogen-bond donors (Lipinski definition) is 1. The van der Waals surface area contributed by atoms with Gasteiger partial charge >= 0.3 is 0 Å². The normalized spacial score (nSPS) is 15.3. The van der Waals surface area contributed by atoms with Gasteiger partial charge in [-0.25, -0.2) is 0 Å². The first-order valence-corrected chi connectivity index (χ1v) is 6.12. The number of H-pyrrole nitrogens is 1. The van der Waals surface area contributed by atoms with E-state index in [9.17, 15) is 0 Å². The average molecular weight is 233 g/mol. The molecule has 1 saturated carbocycles. The summed E-state index contributed by atoms with van der Waals surface area (Å²) in [6.45, 7) is 0. The monoisotopic (exact) mass is 232 g/mol. The molecule has 0 bridgehead atoms. The van der Waals surface area contributed by atoms with Crippen molar-refractivity contribution >= 4 is 11.6 Å². The highest BCUT2D eigenvalue weighted by Gasteiger charge is 2.29. The van der Waals surface area contributed by atoms with Crippen LogP contribution in [0.5, 0.6) is 0 Å². The van der Waals surface area contributed by atoms with Crippen LogP contribution in [0.3, 0.4) is 0 Å². The van der Waals surface area contributed by atoms with Crippen molar-refractivity contribution < 1.29 is 0 Å². The molecular formula is C13H13ClN2. The molecular weight excluding hydrogens is 220 g/mol. The molecule has 1 heterocycles. The van der Waals surface area contributed by atoms with Crippen molar-refractivity contribution in [3.63, 3.8) is 0 Å². The first-order valence-electron chi connectivity index (χ1n) is 5.58. The maximum absolute atomic E-state index is 6.04. The summed E-state index contributed by atoms with van der Waals surface area (Å²) in [6.07, 6.45) is 2.53. The Hall–Kier alpha value is -1.28. The predicted molar refractivity (Wildman–Crippen MR) is 65.6 cm³/mol. The van der Waals surface area contributed by atoms with E-state index < -0.39 is 0 Å². The predicted octanol–water partition coefficient (Wildman–Crippen LogP) is 3.69. The van der Waals surface area contributed by atoms with Crippen LogP contribution in [0.4, 0.5) is 0 Å². The summed E-state index contributed by atoms with van der Waals surface area (Å²) in [5, 5.41) is 7.56. The Balaban J connectivity index is 2.07. The van der Waals surface area contributed by atoms with Gasteiger partial charge in [-0.2, -0.15) is 5.10 Å². The van der Waals surface area contributed by atoms with Gasteiger partial charge in [-0.05, 0) is 12.8 Å². The van der Waals surface area contributed by atoms with Gasteiger partial charge in [-0.15, -0.1) is 11.6 Å². The third kappa shape index (κ3) is 1.63. The molecule has 0 spiro atoms. The number of nitrogens with zero attached hydrogens (tertiary/aromatic N) is 1. The lowest BCUT2D eigenvalue weighted by atomic mass is 10.1. The van der Waals surface area contributed by atoms with E-state index in [0.29, 0.717) is 11.8 Å². The molecule has 1 aromatic heterocycles. The molecule has 3 heteroatoms. The Kier molecular flexibility index (Phi) is 2.44. The van der Waals surface area contributed by atoms with Crippen LogP contribution in [0.15, 0.2) is 30.3 Å². The van der Waals surface area contributed by atoms with Gasteiger partial charge < -0.3 is 0 Å². The highest BCUT2D eigenvalue weighted by atomic mass is 35.5. The molecule has 2 aromatic rings. The first-order chi connectivity index (χ1) is 7.90. The number of benzene rings is 1. The van der Waals surface area contributed by atoms with Crippen molar-refractivity contribution in [2.24, 2.45) is 0 Å². The van der Waals surface area contributed by atoms with Crippen LogP contribution in [0.2, 0.25) is 0 Å². The Morgan fingerprint density at radius 3 is 2.62 bits per heavy atom. The highest BCUT2D eigenvalue weighted by molar-refractivity contribution is 6.17. The minimum atomic E-state index is 0.534. The molecule has 82 valence electrons. The van der Waals surface area contributed by atoms with Gasteiger partial charge in [0.2, 0.25) is 0 Å². The molecule has 0 atom stereocenters. The molecule has 0 amide bonds. The fourth-order valence-electron chi connectivity index (χ4n) is 2.06. The SMILES string of the molecule is ClCc1c(-c2ccccc2)n[nH]c1C1CC1. The summed E-state index contributed by atoms with van der Waals surface area (Å²) in [6, 6.07) is 10.2. The molecule has 0 radical (unpaired) electrons. The number of nitrogens with one attached hydrogen (secondary N) is 1. The molecule has 1 aromatic carbocycles. The second-order valence-corrected chi connectivity index (χ2v) is 4.51. The van der Waals surface area contributed by atoms with Gasteiger partial charge in [0.15, 0.2) is 0 Å². The largest absolute Gasteiger partial charge is 0.281 e. The van der Waals surface area contributed by atoms with Crippen molar-refractivity contribution in [1.29, 1.82) is 0 Å². The van der Waals surface area contributed by atoms with Gasteiger partial charge in [0.05, 0.1) is 11.6 Å². The molecule has 1 aliphatic rings. The standard InChI is InChI=1S/C13H13ClN2/c14-8-11-12(9-4-2-1-3-5-9)15-16-13(11)10-6-7-10/h1-5,10H,6-8H2,(H,15,16). The minimum absolute atomic E-state index is 0.534. The molecule has 3 rings (SSSR count). The second-order valence-electron chi connectivity index (χ2n) is 4.24. The highest BCUT2D eigenvalue weighted by Crippen LogP contribution is 2.42. The van der Waals surface area contributed by atoms with Crippen molar-refractivity contribution in [2.45, 2.75) is 24.6 Å². The van der Waals surface area contributed by atoms with Gasteiger partial charge in [-0.1, -0.05) is 30.3 Å². The van der Waals surface area contributed by atoms with Gasteiger partial charge in [0.25, 0.3) is 0 Å². The van der Waals surface area contributed by atoms with Crippen LogP contribution in [0.25, 0.3) is 11.3 Å². The molecule has 0 unspecified atom stereocenters. The molecule has 2 nitrogen and oxygen atoms in total. The average Bonchev–Trinajstić information content (AvgIpc) is 3.09. The molecule has 0 aliphatic heterocycles. The molecule has 0 saturated heterocycles. The Labute approximate surface area is 99.6 Å². The Bertz CT molecular complexity index is 486. The zero-order valence-corrected chi connectivity index (χ0v) is 9.67. The van der Waals surface area contributed by atoms with E-state index in [1.165, 1.54) is 24.1 Å². The zero-order valence-electron chi connectivity index (χ0n) is 8.91. The van der Waals surface area contributed by atoms with Gasteiger partial charge in [0.1, 0.15) is 0 Å². The summed E-state index contributed by atoms with van der Waals surface area (Å²) < 4.78 is 0. The van der Waals surface area contributed by atoms with Crippen LogP contribution in [-0.2, 0) is 5.88 Å². The summed E-state index contributed by atoms with van der Waals surface area (Å²) in [7, 11) is 0. The second kappa shape index (κ2) is 3.95. The lowest BCUT2D eigenvalue weighted by Crippen LogP contribution is -1.87. The van der Waals surface area contributed by atoms with Crippen LogP contribution < -0.4 is 0 Å². The third-order valence-electron chi connectivity index (χ3n) is 3.07. The van der Waals surface area contributed by atoms with Crippen LogP contribution in [0.1, 0.15) is 30.0 Å². The van der Waals surface area contributed by atoms with E-state index >= 15 is 0 Å². The Morgan fingerprint density at radius 1 is 1.25 bits per heavy atom. The maximum atomic E-state index is 6.04. The fraction of sp³-hybridized carbons (Fsp3) is 0.308. The summed E-state index contributed by atoms with van der Waals surface area (Å²) >= 11 is 6.04. The van der Waals surface area contributed by atoms with E-state index in [-0.39, 0.29) is 0 Å². The lowest BCUT2D eigenvalue weighted by Gasteiger charge is -2.01. The number of aromatic nitrogens is 2. The number of rotatable bonds is 3. The smallest absolute Gasteiger partial charge is 0.0967 e. The van der Waals surface area contributed by atoms with Gasteiger partial charge in [-0.3, -0.25) is 5.10 Å². The van der Waals surface area contributed by atoms with Crippen LogP contribution in [-0.4, -0.2) is 10.2 Å². The molecule has 1 aliphatic carbocycles. The number of hydrogen-bond acceptors (Lipinski definition) is 1. The van der Waals surface area contributed by atoms with Crippen molar-refractivity contribution in [3.8, 4) is 11.3 Å². The van der Waals surface area contributed by atoms with Crippen molar-refractivity contribution in [2.75, 3.05) is 0 Å². The van der Waals surface area contributed by atoms with E-state index in [4.69, 9.17) is 11.6 Å². The summed E-state index contributed by atoms with van der Waals surface area (Å²) in [4.78, 5) is 0. The maximum Gasteiger partial charge on any atom is 0.0967 e. The molecule has 1 fully saturated rings. The quantitative estimate of drug-likeness (QED) is 0.804. The minimum Gasteiger partial charge on any atom is -0.281 e. The molecule has 16 heavy (non-hydrogen) atoms. The number of aromatic amines is 1. The van der Waals surface area contributed by atoms with Crippen molar-refractivity contribution in [1.82, 2.24) is 10.2 Å². The van der Waals surface area contributed by atoms with E-state index in [1.807, 2.05) is 18.2 Å². The summed E-state index contributed by atoms with van der Waals surface area (Å²) in [5.74, 6) is 1.20. The Morgan fingerprint density at radius 2 is 2.00 bits per heavy atom. The first kappa shape index (κ1) is 9.91. The topological polar surface area (TPSA) is 28.7 Å². The van der Waals surface area contributed by atoms with Crippen LogP contribution >= 0.6 is 11.6 Å². The third-order valence-corrected chi connectivity index (χ3v) is 3.33. The number of halogens is 1. The van der Waals surface area contributed by atoms with Crippen molar-refractivity contribution in [3.05, 3.63) is 41.6 Å². The summed E-state index contributed by atoms with van der Waals surface area (Å²) in [5.41, 5.74) is 4.57. The number of alkyl halides is 1. The zero-order chi connectivity index (χ0) is 11.0. The van der Waals surface area contributed by atoms with E-state index in [1.54, 1.807) is 0 Å². The molecule has 1 N–H and O–H groups in total. The van der Waals surface area contributed by atoms with E-state index in [2.05, 4.69) is 22.3 Å². The lowest BCUT2D eigenvalue weighted by molar-refractivity contribution is 0.958.